The Bertz CT molecular complexity index is 220. The van der Waals surface area contributed by atoms with E-state index in [0.717, 1.165) is 0 Å². The molecule has 0 bridgehead atoms. The number of hydrogen-bond donors (Lipinski definition) is 1. The quantitative estimate of drug-likeness (QED) is 0.297. The SMILES string of the molecule is C=CCCC(=C)C(=O)OC(N)=O. The van der Waals surface area contributed by atoms with Gasteiger partial charge in [0.1, 0.15) is 0 Å². The fourth-order valence-corrected chi connectivity index (χ4v) is 0.542. The number of carbonyl (C=O) groups is 2. The summed E-state index contributed by atoms with van der Waals surface area (Å²) in [5.74, 6) is -0.774. The van der Waals surface area contributed by atoms with E-state index >= 15 is 0 Å². The Morgan fingerprint density at radius 3 is 2.50 bits per heavy atom. The first-order valence-electron chi connectivity index (χ1n) is 3.38. The molecule has 0 radical (unpaired) electrons. The fraction of sp³-hybridized carbons (Fsp3) is 0.250. The van der Waals surface area contributed by atoms with Gasteiger partial charge in [-0.1, -0.05) is 12.7 Å². The molecule has 0 rings (SSSR count). The molecule has 4 nitrogen and oxygen atoms in total. The summed E-state index contributed by atoms with van der Waals surface area (Å²) in [7, 11) is 0. The Labute approximate surface area is 70.7 Å². The number of primary amides is 1. The van der Waals surface area contributed by atoms with Crippen molar-refractivity contribution in [2.24, 2.45) is 5.73 Å². The van der Waals surface area contributed by atoms with Crippen molar-refractivity contribution in [3.63, 3.8) is 0 Å². The average Bonchev–Trinajstić information content (AvgIpc) is 1.98. The molecule has 0 aromatic carbocycles. The maximum atomic E-state index is 10.8. The lowest BCUT2D eigenvalue weighted by molar-refractivity contribution is -0.132. The number of esters is 1. The van der Waals surface area contributed by atoms with Crippen molar-refractivity contribution in [3.05, 3.63) is 24.8 Å². The lowest BCUT2D eigenvalue weighted by Crippen LogP contribution is -2.19. The van der Waals surface area contributed by atoms with Crippen LogP contribution in [0.15, 0.2) is 24.8 Å². The van der Waals surface area contributed by atoms with E-state index in [0.29, 0.717) is 12.8 Å². The third kappa shape index (κ3) is 4.27. The van der Waals surface area contributed by atoms with Crippen molar-refractivity contribution in [1.82, 2.24) is 0 Å². The van der Waals surface area contributed by atoms with Gasteiger partial charge in [0.25, 0.3) is 0 Å². The summed E-state index contributed by atoms with van der Waals surface area (Å²) in [4.78, 5) is 20.9. The number of amides is 1. The molecule has 0 fully saturated rings. The minimum Gasteiger partial charge on any atom is -0.373 e. The van der Waals surface area contributed by atoms with E-state index in [9.17, 15) is 9.59 Å². The van der Waals surface area contributed by atoms with Gasteiger partial charge in [-0.05, 0) is 12.8 Å². The monoisotopic (exact) mass is 169 g/mol. The summed E-state index contributed by atoms with van der Waals surface area (Å²) in [6.45, 7) is 6.88. The van der Waals surface area contributed by atoms with Gasteiger partial charge in [-0.2, -0.15) is 0 Å². The maximum absolute atomic E-state index is 10.8. The van der Waals surface area contributed by atoms with Crippen LogP contribution >= 0.6 is 0 Å². The highest BCUT2D eigenvalue weighted by atomic mass is 16.6. The van der Waals surface area contributed by atoms with Gasteiger partial charge >= 0.3 is 12.1 Å². The molecule has 0 saturated heterocycles. The Kier molecular flexibility index (Phi) is 4.45. The van der Waals surface area contributed by atoms with Gasteiger partial charge in [0.2, 0.25) is 0 Å². The molecular formula is C8H11NO3. The Morgan fingerprint density at radius 1 is 1.50 bits per heavy atom. The van der Waals surface area contributed by atoms with Crippen molar-refractivity contribution in [1.29, 1.82) is 0 Å². The van der Waals surface area contributed by atoms with Crippen LogP contribution in [0.2, 0.25) is 0 Å². The molecule has 12 heavy (non-hydrogen) atoms. The first-order valence-corrected chi connectivity index (χ1v) is 3.38. The van der Waals surface area contributed by atoms with E-state index in [1.807, 2.05) is 0 Å². The van der Waals surface area contributed by atoms with Gasteiger partial charge in [-0.15, -0.1) is 6.58 Å². The second-order valence-electron chi connectivity index (χ2n) is 2.14. The van der Waals surface area contributed by atoms with Crippen LogP contribution in [-0.2, 0) is 9.53 Å². The summed E-state index contributed by atoms with van der Waals surface area (Å²) in [6, 6.07) is 0. The highest BCUT2D eigenvalue weighted by Gasteiger charge is 2.09. The molecule has 0 saturated carbocycles. The van der Waals surface area contributed by atoms with Gasteiger partial charge in [0, 0.05) is 5.57 Å². The fourth-order valence-electron chi connectivity index (χ4n) is 0.542. The lowest BCUT2D eigenvalue weighted by atomic mass is 10.2. The predicted octanol–water partition coefficient (Wildman–Crippen LogP) is 1.13. The number of carbonyl (C=O) groups excluding carboxylic acids is 2. The van der Waals surface area contributed by atoms with Crippen LogP contribution < -0.4 is 5.73 Å². The van der Waals surface area contributed by atoms with Crippen LogP contribution in [-0.4, -0.2) is 12.1 Å². The molecule has 0 aromatic heterocycles. The molecule has 0 atom stereocenters. The second-order valence-corrected chi connectivity index (χ2v) is 2.14. The zero-order valence-electron chi connectivity index (χ0n) is 6.71. The van der Waals surface area contributed by atoms with Gasteiger partial charge in [-0.3, -0.25) is 0 Å². The van der Waals surface area contributed by atoms with Crippen LogP contribution in [0.25, 0.3) is 0 Å². The molecule has 0 aliphatic carbocycles. The molecule has 0 heterocycles. The average molecular weight is 169 g/mol. The molecule has 0 aliphatic rings. The lowest BCUT2D eigenvalue weighted by Gasteiger charge is -2.00. The number of nitrogens with two attached hydrogens (primary N) is 1. The number of ether oxygens (including phenoxy) is 1. The van der Waals surface area contributed by atoms with Crippen molar-refractivity contribution < 1.29 is 14.3 Å². The summed E-state index contributed by atoms with van der Waals surface area (Å²) in [5, 5.41) is 0. The zero-order chi connectivity index (χ0) is 9.56. The first kappa shape index (κ1) is 10.4. The van der Waals surface area contributed by atoms with Crippen molar-refractivity contribution in [2.75, 3.05) is 0 Å². The van der Waals surface area contributed by atoms with E-state index in [2.05, 4.69) is 23.6 Å². The molecule has 2 N–H and O–H groups in total. The summed E-state index contributed by atoms with van der Waals surface area (Å²) in [5.41, 5.74) is 4.83. The van der Waals surface area contributed by atoms with E-state index in [-0.39, 0.29) is 5.57 Å². The van der Waals surface area contributed by atoms with E-state index in [4.69, 9.17) is 0 Å². The Balaban J connectivity index is 3.85. The molecule has 66 valence electrons. The van der Waals surface area contributed by atoms with Crippen LogP contribution in [0.5, 0.6) is 0 Å². The third-order valence-corrected chi connectivity index (χ3v) is 1.13. The standard InChI is InChI=1S/C8H11NO3/c1-3-4-5-6(2)7(10)12-8(9)11/h3H,1-2,4-5H2,(H2,9,11). The molecule has 0 unspecified atom stereocenters. The molecular weight excluding hydrogens is 158 g/mol. The molecule has 4 heteroatoms. The minimum absolute atomic E-state index is 0.216. The largest absolute Gasteiger partial charge is 0.412 e. The topological polar surface area (TPSA) is 69.4 Å². The van der Waals surface area contributed by atoms with Crippen molar-refractivity contribution in [2.45, 2.75) is 12.8 Å². The number of hydrogen-bond acceptors (Lipinski definition) is 3. The summed E-state index contributed by atoms with van der Waals surface area (Å²) in [6.07, 6.45) is 1.57. The van der Waals surface area contributed by atoms with E-state index < -0.39 is 12.1 Å². The zero-order valence-corrected chi connectivity index (χ0v) is 6.71. The number of allylic oxidation sites excluding steroid dienone is 1. The smallest absolute Gasteiger partial charge is 0.373 e. The van der Waals surface area contributed by atoms with Gasteiger partial charge in [-0.25, -0.2) is 9.59 Å². The van der Waals surface area contributed by atoms with Gasteiger partial charge in [0.05, 0.1) is 0 Å². The summed E-state index contributed by atoms with van der Waals surface area (Å²) >= 11 is 0. The predicted molar refractivity (Wildman–Crippen MR) is 44.2 cm³/mol. The van der Waals surface area contributed by atoms with E-state index in [1.54, 1.807) is 6.08 Å². The van der Waals surface area contributed by atoms with Crippen LogP contribution in [0.3, 0.4) is 0 Å². The third-order valence-electron chi connectivity index (χ3n) is 1.13. The molecule has 0 aromatic rings. The molecule has 1 amide bonds. The highest BCUT2D eigenvalue weighted by molar-refractivity contribution is 5.94. The number of rotatable bonds is 4. The normalized spacial score (nSPS) is 8.67. The van der Waals surface area contributed by atoms with Crippen LogP contribution in [0.4, 0.5) is 4.79 Å². The molecule has 0 spiro atoms. The maximum Gasteiger partial charge on any atom is 0.412 e. The Morgan fingerprint density at radius 2 is 2.08 bits per heavy atom. The van der Waals surface area contributed by atoms with Crippen molar-refractivity contribution in [3.8, 4) is 0 Å². The summed E-state index contributed by atoms with van der Waals surface area (Å²) < 4.78 is 4.08. The minimum atomic E-state index is -1.11. The van der Waals surface area contributed by atoms with Gasteiger partial charge < -0.3 is 10.5 Å². The second kappa shape index (κ2) is 5.12. The Hall–Kier alpha value is -1.58. The van der Waals surface area contributed by atoms with E-state index in [1.165, 1.54) is 0 Å². The highest BCUT2D eigenvalue weighted by Crippen LogP contribution is 2.04. The first-order chi connectivity index (χ1) is 5.57. The van der Waals surface area contributed by atoms with Crippen LogP contribution in [0, 0.1) is 0 Å². The van der Waals surface area contributed by atoms with Gasteiger partial charge in [0.15, 0.2) is 0 Å². The van der Waals surface area contributed by atoms with Crippen LogP contribution in [0.1, 0.15) is 12.8 Å². The van der Waals surface area contributed by atoms with Crippen molar-refractivity contribution >= 4 is 12.1 Å². The molecule has 0 aliphatic heterocycles.